The maximum absolute atomic E-state index is 4.40. The Bertz CT molecular complexity index is 1590. The van der Waals surface area contributed by atoms with Gasteiger partial charge >= 0.3 is 0 Å². The monoisotopic (exact) mass is 399 g/mol. The Hall–Kier alpha value is -4.18. The third kappa shape index (κ3) is 2.19. The Balaban J connectivity index is 1.73. The van der Waals surface area contributed by atoms with Crippen molar-refractivity contribution in [2.45, 2.75) is 6.54 Å². The summed E-state index contributed by atoms with van der Waals surface area (Å²) in [6, 6.07) is 32.2. The lowest BCUT2D eigenvalue weighted by Gasteiger charge is -2.05. The highest BCUT2D eigenvalue weighted by atomic mass is 15.3. The van der Waals surface area contributed by atoms with Gasteiger partial charge in [-0.15, -0.1) is 0 Å². The van der Waals surface area contributed by atoms with Crippen molar-refractivity contribution in [1.82, 2.24) is 14.1 Å². The van der Waals surface area contributed by atoms with Gasteiger partial charge in [0.2, 0.25) is 5.82 Å². The smallest absolute Gasteiger partial charge is 0.264 e. The average molecular weight is 399 g/mol. The molecule has 3 aromatic carbocycles. The second-order valence-electron chi connectivity index (χ2n) is 7.97. The van der Waals surface area contributed by atoms with Crippen molar-refractivity contribution >= 4 is 22.1 Å². The van der Waals surface area contributed by atoms with Crippen molar-refractivity contribution in [1.29, 1.82) is 0 Å². The number of hydrogen-bond donors (Lipinski definition) is 0. The minimum atomic E-state index is 0.817. The van der Waals surface area contributed by atoms with Gasteiger partial charge in [-0.2, -0.15) is 0 Å². The quantitative estimate of drug-likeness (QED) is 0.363. The van der Waals surface area contributed by atoms with E-state index in [1.165, 1.54) is 50.4 Å². The lowest BCUT2D eigenvalue weighted by molar-refractivity contribution is -0.648. The van der Waals surface area contributed by atoms with Crippen LogP contribution in [0, 0.1) is 0 Å². The van der Waals surface area contributed by atoms with Crippen LogP contribution in [-0.4, -0.2) is 14.1 Å². The molecule has 0 amide bonds. The molecule has 31 heavy (non-hydrogen) atoms. The number of nitrogens with zero attached hydrogens (tertiary/aromatic N) is 4. The van der Waals surface area contributed by atoms with Gasteiger partial charge in [0, 0.05) is 18.0 Å². The Kier molecular flexibility index (Phi) is 3.30. The first-order valence-electron chi connectivity index (χ1n) is 10.5. The van der Waals surface area contributed by atoms with Crippen LogP contribution in [0.5, 0.6) is 0 Å². The van der Waals surface area contributed by atoms with E-state index >= 15 is 0 Å². The summed E-state index contributed by atoms with van der Waals surface area (Å²) in [7, 11) is 0. The molecule has 0 N–H and O–H groups in total. The van der Waals surface area contributed by atoms with Crippen LogP contribution in [-0.2, 0) is 6.54 Å². The van der Waals surface area contributed by atoms with Crippen molar-refractivity contribution in [3.63, 3.8) is 0 Å². The lowest BCUT2D eigenvalue weighted by atomic mass is 10.1. The summed E-state index contributed by atoms with van der Waals surface area (Å²) in [5.74, 6) is 1.21. The Labute approximate surface area is 179 Å². The van der Waals surface area contributed by atoms with E-state index in [4.69, 9.17) is 0 Å². The van der Waals surface area contributed by atoms with Gasteiger partial charge in [0.05, 0.1) is 17.5 Å². The Morgan fingerprint density at radius 3 is 2.16 bits per heavy atom. The second kappa shape index (κ2) is 6.16. The predicted octanol–water partition coefficient (Wildman–Crippen LogP) is 5.29. The van der Waals surface area contributed by atoms with Crippen molar-refractivity contribution < 1.29 is 4.57 Å². The van der Waals surface area contributed by atoms with Crippen LogP contribution < -0.4 is 4.57 Å². The van der Waals surface area contributed by atoms with Gasteiger partial charge in [-0.3, -0.25) is 4.98 Å². The fourth-order valence-electron chi connectivity index (χ4n) is 5.03. The number of fused-ring (bicyclic) bond motifs is 7. The molecule has 4 heteroatoms. The second-order valence-corrected chi connectivity index (χ2v) is 7.97. The molecule has 7 rings (SSSR count). The summed E-state index contributed by atoms with van der Waals surface area (Å²) in [4.78, 5) is 4.40. The lowest BCUT2D eigenvalue weighted by Crippen LogP contribution is -2.33. The maximum atomic E-state index is 4.40. The molecule has 3 aromatic heterocycles. The van der Waals surface area contributed by atoms with E-state index in [1.807, 2.05) is 12.4 Å². The van der Waals surface area contributed by atoms with Gasteiger partial charge in [0.25, 0.3) is 5.65 Å². The first kappa shape index (κ1) is 16.6. The number of hydrogen-bond acceptors (Lipinski definition) is 1. The molecule has 0 spiro atoms. The van der Waals surface area contributed by atoms with Crippen LogP contribution in [0.4, 0.5) is 0 Å². The molecule has 0 bridgehead atoms. The van der Waals surface area contributed by atoms with Crippen LogP contribution in [0.3, 0.4) is 0 Å². The number of rotatable bonds is 2. The molecule has 0 fully saturated rings. The van der Waals surface area contributed by atoms with E-state index in [9.17, 15) is 0 Å². The summed E-state index contributed by atoms with van der Waals surface area (Å²) in [6.07, 6.45) is 3.89. The van der Waals surface area contributed by atoms with Crippen LogP contribution in [0.2, 0.25) is 0 Å². The van der Waals surface area contributed by atoms with E-state index in [-0.39, 0.29) is 0 Å². The third-order valence-corrected chi connectivity index (χ3v) is 6.27. The summed E-state index contributed by atoms with van der Waals surface area (Å²) >= 11 is 0. The molecular weight excluding hydrogens is 380 g/mol. The first-order chi connectivity index (χ1) is 15.4. The Morgan fingerprint density at radius 2 is 1.39 bits per heavy atom. The van der Waals surface area contributed by atoms with E-state index < -0.39 is 0 Å². The van der Waals surface area contributed by atoms with Gasteiger partial charge in [0.1, 0.15) is 16.9 Å². The standard InChI is InChI=1S/C27H19N4/c1-3-9-20(10-4-1)30-24-14-8-7-13-23(24)25-27(30)29-18-19-17-28-16-15-22(19)26(29)31(25)21-11-5-2-6-12-21/h1-17H,18H2/q+1. The molecule has 1 aliphatic heterocycles. The van der Waals surface area contributed by atoms with E-state index in [1.54, 1.807) is 0 Å². The fourth-order valence-corrected chi connectivity index (χ4v) is 5.03. The molecule has 146 valence electrons. The van der Waals surface area contributed by atoms with Crippen LogP contribution >= 0.6 is 0 Å². The highest BCUT2D eigenvalue weighted by molar-refractivity contribution is 6.07. The minimum Gasteiger partial charge on any atom is -0.264 e. The molecule has 1 aliphatic rings. The largest absolute Gasteiger partial charge is 0.275 e. The molecule has 0 saturated carbocycles. The molecule has 0 saturated heterocycles. The average Bonchev–Trinajstić information content (AvgIpc) is 3.47. The Morgan fingerprint density at radius 1 is 0.710 bits per heavy atom. The number of benzene rings is 3. The number of imidazole rings is 1. The van der Waals surface area contributed by atoms with Crippen molar-refractivity contribution in [2.75, 3.05) is 0 Å². The number of aromatic nitrogens is 4. The molecule has 0 atom stereocenters. The zero-order valence-corrected chi connectivity index (χ0v) is 16.8. The highest BCUT2D eigenvalue weighted by Gasteiger charge is 2.37. The van der Waals surface area contributed by atoms with Gasteiger partial charge < -0.3 is 0 Å². The summed E-state index contributed by atoms with van der Waals surface area (Å²) in [6.45, 7) is 0.817. The molecular formula is C27H19N4+. The fraction of sp³-hybridized carbons (Fsp3) is 0.0370. The molecule has 0 unspecified atom stereocenters. The molecule has 0 aliphatic carbocycles. The van der Waals surface area contributed by atoms with Crippen LogP contribution in [0.1, 0.15) is 5.56 Å². The zero-order chi connectivity index (χ0) is 20.4. The molecule has 4 heterocycles. The van der Waals surface area contributed by atoms with E-state index in [0.717, 1.165) is 6.54 Å². The maximum Gasteiger partial charge on any atom is 0.275 e. The van der Waals surface area contributed by atoms with Crippen LogP contribution in [0.25, 0.3) is 44.8 Å². The SMILES string of the molecule is c1ccc(-n2c3[n+](c4c2c2ccccc2n4-c2ccccc2)Cc2cnccc2-3)cc1. The van der Waals surface area contributed by atoms with Crippen molar-refractivity contribution in [2.24, 2.45) is 0 Å². The molecule has 4 nitrogen and oxygen atoms in total. The van der Waals surface area contributed by atoms with E-state index in [2.05, 4.69) is 110 Å². The highest BCUT2D eigenvalue weighted by Crippen LogP contribution is 2.39. The van der Waals surface area contributed by atoms with Crippen molar-refractivity contribution in [3.8, 4) is 22.8 Å². The zero-order valence-electron chi connectivity index (χ0n) is 16.8. The van der Waals surface area contributed by atoms with Gasteiger partial charge in [-0.1, -0.05) is 48.5 Å². The van der Waals surface area contributed by atoms with Gasteiger partial charge in [-0.05, 0) is 42.5 Å². The number of pyridine rings is 1. The number of para-hydroxylation sites is 3. The van der Waals surface area contributed by atoms with Crippen molar-refractivity contribution in [3.05, 3.63) is 109 Å². The van der Waals surface area contributed by atoms with Gasteiger partial charge in [0.15, 0.2) is 5.52 Å². The summed E-state index contributed by atoms with van der Waals surface area (Å²) in [5.41, 5.74) is 8.51. The summed E-state index contributed by atoms with van der Waals surface area (Å²) < 4.78 is 7.26. The third-order valence-electron chi connectivity index (χ3n) is 6.27. The van der Waals surface area contributed by atoms with Crippen LogP contribution in [0.15, 0.2) is 103 Å². The first-order valence-corrected chi connectivity index (χ1v) is 10.5. The normalized spacial score (nSPS) is 12.4. The minimum absolute atomic E-state index is 0.817. The van der Waals surface area contributed by atoms with E-state index in [0.29, 0.717) is 0 Å². The topological polar surface area (TPSA) is 26.6 Å². The van der Waals surface area contributed by atoms with Gasteiger partial charge in [-0.25, -0.2) is 13.7 Å². The predicted molar refractivity (Wildman–Crippen MR) is 123 cm³/mol. The summed E-state index contributed by atoms with van der Waals surface area (Å²) in [5, 5.41) is 1.25. The molecule has 0 radical (unpaired) electrons. The molecule has 6 aromatic rings.